The van der Waals surface area contributed by atoms with Crippen LogP contribution in [0.3, 0.4) is 0 Å². The normalized spacial score (nSPS) is 51.2. The van der Waals surface area contributed by atoms with Gasteiger partial charge >= 0.3 is 0 Å². The van der Waals surface area contributed by atoms with Crippen molar-refractivity contribution in [2.75, 3.05) is 0 Å². The van der Waals surface area contributed by atoms with Crippen LogP contribution in [0.15, 0.2) is 10.2 Å². The SMILES string of the molecule is CC12CCC(C(N=NC3C(=O)C4(C)CCC3C4(C)C)C1=O)C2(C)C. The highest BCUT2D eigenvalue weighted by Crippen LogP contribution is 2.66. The Morgan fingerprint density at radius 2 is 1.04 bits per heavy atom. The first-order chi connectivity index (χ1) is 11.0. The molecule has 4 heteroatoms. The van der Waals surface area contributed by atoms with Gasteiger partial charge in [0, 0.05) is 10.8 Å². The molecule has 4 aliphatic carbocycles. The lowest BCUT2D eigenvalue weighted by atomic mass is 9.70. The molecule has 0 heterocycles. The zero-order chi connectivity index (χ0) is 17.7. The van der Waals surface area contributed by atoms with Gasteiger partial charge < -0.3 is 0 Å². The maximum absolute atomic E-state index is 12.9. The van der Waals surface area contributed by atoms with Crippen molar-refractivity contribution in [1.29, 1.82) is 0 Å². The Kier molecular flexibility index (Phi) is 2.99. The van der Waals surface area contributed by atoms with Gasteiger partial charge in [-0.2, -0.15) is 10.2 Å². The predicted molar refractivity (Wildman–Crippen MR) is 91.7 cm³/mol. The Morgan fingerprint density at radius 3 is 1.29 bits per heavy atom. The molecular formula is C20H30N2O2. The summed E-state index contributed by atoms with van der Waals surface area (Å²) in [6.07, 6.45) is 4.02. The first-order valence-electron chi connectivity index (χ1n) is 9.47. The monoisotopic (exact) mass is 330 g/mol. The molecule has 0 aromatic rings. The Hall–Kier alpha value is -1.06. The smallest absolute Gasteiger partial charge is 0.165 e. The van der Waals surface area contributed by atoms with Crippen LogP contribution in [0, 0.1) is 33.5 Å². The molecule has 0 amide bonds. The number of carbonyl (C=O) groups is 2. The fourth-order valence-electron chi connectivity index (χ4n) is 6.49. The molecule has 4 rings (SSSR count). The maximum atomic E-state index is 12.9. The van der Waals surface area contributed by atoms with Crippen LogP contribution in [0.1, 0.15) is 67.2 Å². The van der Waals surface area contributed by atoms with Crippen molar-refractivity contribution >= 4 is 11.6 Å². The minimum atomic E-state index is -0.332. The molecule has 0 aliphatic heterocycles. The molecule has 4 aliphatic rings. The van der Waals surface area contributed by atoms with Gasteiger partial charge in [0.2, 0.25) is 0 Å². The molecule has 0 N–H and O–H groups in total. The second-order valence-electron chi connectivity index (χ2n) is 10.2. The standard InChI is InChI=1S/C20H30N2O2/c1-17(2)11-7-9-19(17,5)15(23)13(11)21-22-14-12-8-10-20(6,16(14)24)18(12,3)4/h11-14H,7-10H2,1-6H3. The Bertz CT molecular complexity index is 609. The number of rotatable bonds is 2. The molecule has 4 bridgehead atoms. The van der Waals surface area contributed by atoms with E-state index in [0.717, 1.165) is 25.7 Å². The summed E-state index contributed by atoms with van der Waals surface area (Å²) < 4.78 is 0. The van der Waals surface area contributed by atoms with Gasteiger partial charge in [-0.1, -0.05) is 41.5 Å². The van der Waals surface area contributed by atoms with E-state index in [2.05, 4.69) is 51.8 Å². The van der Waals surface area contributed by atoms with Crippen LogP contribution >= 0.6 is 0 Å². The fraction of sp³-hybridized carbons (Fsp3) is 0.900. The number of carbonyl (C=O) groups excluding carboxylic acids is 2. The molecule has 4 nitrogen and oxygen atoms in total. The van der Waals surface area contributed by atoms with Gasteiger partial charge in [0.25, 0.3) is 0 Å². The quantitative estimate of drug-likeness (QED) is 0.712. The van der Waals surface area contributed by atoms with E-state index in [9.17, 15) is 9.59 Å². The van der Waals surface area contributed by atoms with Crippen LogP contribution < -0.4 is 0 Å². The molecular weight excluding hydrogens is 300 g/mol. The van der Waals surface area contributed by atoms with E-state index in [1.807, 2.05) is 0 Å². The molecule has 0 radical (unpaired) electrons. The third kappa shape index (κ3) is 1.52. The number of hydrogen-bond acceptors (Lipinski definition) is 4. The lowest BCUT2D eigenvalue weighted by Gasteiger charge is -2.31. The van der Waals surface area contributed by atoms with Crippen LogP contribution in [-0.4, -0.2) is 23.7 Å². The number of fused-ring (bicyclic) bond motifs is 4. The second kappa shape index (κ2) is 4.37. The van der Waals surface area contributed by atoms with Gasteiger partial charge in [0.1, 0.15) is 12.1 Å². The number of nitrogens with zero attached hydrogens (tertiary/aromatic N) is 2. The number of hydrogen-bond donors (Lipinski definition) is 0. The third-order valence-corrected chi connectivity index (χ3v) is 9.31. The van der Waals surface area contributed by atoms with Gasteiger partial charge in [-0.05, 0) is 48.3 Å². The zero-order valence-electron chi connectivity index (χ0n) is 15.8. The van der Waals surface area contributed by atoms with Crippen LogP contribution in [0.4, 0.5) is 0 Å². The van der Waals surface area contributed by atoms with E-state index < -0.39 is 0 Å². The maximum Gasteiger partial charge on any atom is 0.165 e. The topological polar surface area (TPSA) is 58.9 Å². The molecule has 0 aromatic carbocycles. The Labute approximate surface area is 144 Å². The number of azo groups is 1. The summed E-state index contributed by atoms with van der Waals surface area (Å²) in [6.45, 7) is 13.0. The average Bonchev–Trinajstić information content (AvgIpc) is 2.97. The van der Waals surface area contributed by atoms with Crippen molar-refractivity contribution in [2.24, 2.45) is 43.7 Å². The summed E-state index contributed by atoms with van der Waals surface area (Å²) in [5.41, 5.74) is -0.577. The van der Waals surface area contributed by atoms with Gasteiger partial charge in [-0.3, -0.25) is 9.59 Å². The van der Waals surface area contributed by atoms with E-state index in [1.165, 1.54) is 0 Å². The van der Waals surface area contributed by atoms with Gasteiger partial charge in [0.05, 0.1) is 0 Å². The average molecular weight is 330 g/mol. The van der Waals surface area contributed by atoms with Crippen molar-refractivity contribution in [3.05, 3.63) is 0 Å². The van der Waals surface area contributed by atoms with Crippen molar-refractivity contribution in [3.63, 3.8) is 0 Å². The zero-order valence-corrected chi connectivity index (χ0v) is 15.8. The van der Waals surface area contributed by atoms with Crippen molar-refractivity contribution in [3.8, 4) is 0 Å². The molecule has 24 heavy (non-hydrogen) atoms. The second-order valence-corrected chi connectivity index (χ2v) is 10.2. The Morgan fingerprint density at radius 1 is 0.708 bits per heavy atom. The van der Waals surface area contributed by atoms with E-state index in [0.29, 0.717) is 0 Å². The summed E-state index contributed by atoms with van der Waals surface area (Å²) in [5.74, 6) is 1.04. The van der Waals surface area contributed by atoms with Gasteiger partial charge in [-0.15, -0.1) is 0 Å². The summed E-state index contributed by atoms with van der Waals surface area (Å²) in [4.78, 5) is 25.8. The number of Topliss-reactive ketones (excluding diaryl/α,β-unsaturated/α-hetero) is 2. The minimum Gasteiger partial charge on any atom is -0.297 e. The highest BCUT2D eigenvalue weighted by atomic mass is 16.1. The molecule has 4 fully saturated rings. The highest BCUT2D eigenvalue weighted by molar-refractivity contribution is 5.95. The first-order valence-corrected chi connectivity index (χ1v) is 9.47. The molecule has 6 atom stereocenters. The fourth-order valence-corrected chi connectivity index (χ4v) is 6.49. The van der Waals surface area contributed by atoms with Crippen molar-refractivity contribution < 1.29 is 9.59 Å². The lowest BCUT2D eigenvalue weighted by Crippen LogP contribution is -2.35. The molecule has 6 unspecified atom stereocenters. The molecule has 132 valence electrons. The van der Waals surface area contributed by atoms with Crippen molar-refractivity contribution in [2.45, 2.75) is 79.3 Å². The summed E-state index contributed by atoms with van der Waals surface area (Å²) in [7, 11) is 0. The third-order valence-electron chi connectivity index (χ3n) is 9.31. The van der Waals surface area contributed by atoms with Crippen LogP contribution in [-0.2, 0) is 9.59 Å². The van der Waals surface area contributed by atoms with E-state index >= 15 is 0 Å². The molecule has 0 aromatic heterocycles. The number of ketones is 2. The minimum absolute atomic E-state index is 0.0162. The van der Waals surface area contributed by atoms with Crippen LogP contribution in [0.25, 0.3) is 0 Å². The molecule has 4 saturated carbocycles. The van der Waals surface area contributed by atoms with Crippen LogP contribution in [0.2, 0.25) is 0 Å². The lowest BCUT2D eigenvalue weighted by molar-refractivity contribution is -0.130. The van der Waals surface area contributed by atoms with Crippen molar-refractivity contribution in [1.82, 2.24) is 0 Å². The first kappa shape index (κ1) is 16.4. The summed E-state index contributed by atoms with van der Waals surface area (Å²) in [5, 5.41) is 9.06. The van der Waals surface area contributed by atoms with E-state index in [1.54, 1.807) is 0 Å². The van der Waals surface area contributed by atoms with E-state index in [4.69, 9.17) is 0 Å². The molecule has 0 spiro atoms. The largest absolute Gasteiger partial charge is 0.297 e. The predicted octanol–water partition coefficient (Wildman–Crippen LogP) is 4.23. The Balaban J connectivity index is 1.62. The van der Waals surface area contributed by atoms with Gasteiger partial charge in [0.15, 0.2) is 11.6 Å². The van der Waals surface area contributed by atoms with Gasteiger partial charge in [-0.25, -0.2) is 0 Å². The highest BCUT2D eigenvalue weighted by Gasteiger charge is 2.68. The summed E-state index contributed by atoms with van der Waals surface area (Å²) >= 11 is 0. The van der Waals surface area contributed by atoms with Crippen LogP contribution in [0.5, 0.6) is 0 Å². The summed E-state index contributed by atoms with van der Waals surface area (Å²) in [6, 6.07) is -0.664. The van der Waals surface area contributed by atoms with E-state index in [-0.39, 0.29) is 57.1 Å². The molecule has 0 saturated heterocycles.